The minimum absolute atomic E-state index is 0.00356. The zero-order valence-electron chi connectivity index (χ0n) is 6.92. The Morgan fingerprint density at radius 2 is 2.00 bits per heavy atom. The minimum atomic E-state index is -0.00356. The van der Waals surface area contributed by atoms with Crippen LogP contribution in [0.3, 0.4) is 0 Å². The Morgan fingerprint density at radius 1 is 1.09 bits per heavy atom. The molecule has 0 bridgehead atoms. The standard InChI is InChI=1S/C9H17NO/c11-9-2-1-7-3-4-10-6-8(7)5-9/h7-11H,1-6H2. The summed E-state index contributed by atoms with van der Waals surface area (Å²) in [5.74, 6) is 1.69. The molecular weight excluding hydrogens is 138 g/mol. The molecule has 1 aliphatic carbocycles. The van der Waals surface area contributed by atoms with E-state index in [1.807, 2.05) is 0 Å². The van der Waals surface area contributed by atoms with Gasteiger partial charge in [-0.25, -0.2) is 0 Å². The predicted molar refractivity (Wildman–Crippen MR) is 44.3 cm³/mol. The highest BCUT2D eigenvalue weighted by Crippen LogP contribution is 2.33. The number of aliphatic hydroxyl groups excluding tert-OH is 1. The van der Waals surface area contributed by atoms with Gasteiger partial charge in [0.2, 0.25) is 0 Å². The van der Waals surface area contributed by atoms with Crippen LogP contribution in [0.5, 0.6) is 0 Å². The second-order valence-electron chi connectivity index (χ2n) is 3.98. The van der Waals surface area contributed by atoms with Gasteiger partial charge in [0.05, 0.1) is 6.10 Å². The Kier molecular flexibility index (Phi) is 2.14. The summed E-state index contributed by atoms with van der Waals surface area (Å²) in [5, 5.41) is 12.8. The van der Waals surface area contributed by atoms with Crippen molar-refractivity contribution in [2.75, 3.05) is 13.1 Å². The maximum atomic E-state index is 9.42. The second kappa shape index (κ2) is 3.11. The summed E-state index contributed by atoms with van der Waals surface area (Å²) in [7, 11) is 0. The summed E-state index contributed by atoms with van der Waals surface area (Å²) in [6.07, 6.45) is 4.67. The Balaban J connectivity index is 1.93. The third-order valence-electron chi connectivity index (χ3n) is 3.21. The Labute approximate surface area is 68.0 Å². The second-order valence-corrected chi connectivity index (χ2v) is 3.98. The van der Waals surface area contributed by atoms with Gasteiger partial charge >= 0.3 is 0 Å². The summed E-state index contributed by atoms with van der Waals surface area (Å²) < 4.78 is 0. The number of hydrogen-bond acceptors (Lipinski definition) is 2. The summed E-state index contributed by atoms with van der Waals surface area (Å²) >= 11 is 0. The van der Waals surface area contributed by atoms with Gasteiger partial charge in [-0.1, -0.05) is 0 Å². The lowest BCUT2D eigenvalue weighted by atomic mass is 9.74. The van der Waals surface area contributed by atoms with E-state index in [1.165, 1.54) is 19.4 Å². The van der Waals surface area contributed by atoms with Crippen LogP contribution in [0.15, 0.2) is 0 Å². The number of nitrogens with one attached hydrogen (secondary N) is 1. The summed E-state index contributed by atoms with van der Waals surface area (Å²) in [5.41, 5.74) is 0. The SMILES string of the molecule is OC1CCC2CCNCC2C1. The van der Waals surface area contributed by atoms with Crippen molar-refractivity contribution in [3.63, 3.8) is 0 Å². The lowest BCUT2D eigenvalue weighted by molar-refractivity contribution is 0.0554. The van der Waals surface area contributed by atoms with E-state index in [2.05, 4.69) is 5.32 Å². The highest BCUT2D eigenvalue weighted by molar-refractivity contribution is 4.84. The van der Waals surface area contributed by atoms with Gasteiger partial charge < -0.3 is 10.4 Å². The lowest BCUT2D eigenvalue weighted by Gasteiger charge is -2.37. The van der Waals surface area contributed by atoms with Crippen molar-refractivity contribution in [2.45, 2.75) is 31.8 Å². The zero-order chi connectivity index (χ0) is 7.68. The smallest absolute Gasteiger partial charge is 0.0543 e. The highest BCUT2D eigenvalue weighted by Gasteiger charge is 2.30. The first-order chi connectivity index (χ1) is 5.36. The molecule has 0 aromatic rings. The highest BCUT2D eigenvalue weighted by atomic mass is 16.3. The predicted octanol–water partition coefficient (Wildman–Crippen LogP) is 0.757. The third-order valence-corrected chi connectivity index (χ3v) is 3.21. The monoisotopic (exact) mass is 155 g/mol. The van der Waals surface area contributed by atoms with Gasteiger partial charge in [-0.2, -0.15) is 0 Å². The molecule has 0 aromatic carbocycles. The quantitative estimate of drug-likeness (QED) is 0.541. The van der Waals surface area contributed by atoms with Crippen LogP contribution in [0.4, 0.5) is 0 Å². The third kappa shape index (κ3) is 1.57. The Hall–Kier alpha value is -0.0800. The lowest BCUT2D eigenvalue weighted by Crippen LogP contribution is -2.41. The fourth-order valence-electron chi connectivity index (χ4n) is 2.51. The first kappa shape index (κ1) is 7.56. The molecule has 1 aliphatic heterocycles. The fourth-order valence-corrected chi connectivity index (χ4v) is 2.51. The molecule has 3 unspecified atom stereocenters. The average Bonchev–Trinajstić information content (AvgIpc) is 2.04. The molecule has 3 atom stereocenters. The van der Waals surface area contributed by atoms with Crippen molar-refractivity contribution in [3.05, 3.63) is 0 Å². The van der Waals surface area contributed by atoms with Gasteiger partial charge in [-0.05, 0) is 50.6 Å². The van der Waals surface area contributed by atoms with E-state index >= 15 is 0 Å². The van der Waals surface area contributed by atoms with Gasteiger partial charge in [0, 0.05) is 0 Å². The number of piperidine rings is 1. The van der Waals surface area contributed by atoms with Crippen LogP contribution in [-0.4, -0.2) is 24.3 Å². The van der Waals surface area contributed by atoms with Crippen LogP contribution in [0.1, 0.15) is 25.7 Å². The van der Waals surface area contributed by atoms with Crippen molar-refractivity contribution < 1.29 is 5.11 Å². The molecular formula is C9H17NO. The van der Waals surface area contributed by atoms with Gasteiger partial charge in [-0.3, -0.25) is 0 Å². The van der Waals surface area contributed by atoms with Crippen LogP contribution in [0.25, 0.3) is 0 Å². The van der Waals surface area contributed by atoms with E-state index in [0.29, 0.717) is 0 Å². The fraction of sp³-hybridized carbons (Fsp3) is 1.00. The van der Waals surface area contributed by atoms with Crippen molar-refractivity contribution >= 4 is 0 Å². The van der Waals surface area contributed by atoms with Crippen molar-refractivity contribution in [3.8, 4) is 0 Å². The van der Waals surface area contributed by atoms with E-state index < -0.39 is 0 Å². The molecule has 2 fully saturated rings. The molecule has 0 spiro atoms. The normalized spacial score (nSPS) is 45.0. The van der Waals surface area contributed by atoms with Crippen LogP contribution in [0.2, 0.25) is 0 Å². The largest absolute Gasteiger partial charge is 0.393 e. The minimum Gasteiger partial charge on any atom is -0.393 e. The maximum absolute atomic E-state index is 9.42. The molecule has 64 valence electrons. The van der Waals surface area contributed by atoms with E-state index in [4.69, 9.17) is 0 Å². The van der Waals surface area contributed by atoms with Crippen LogP contribution in [-0.2, 0) is 0 Å². The molecule has 2 nitrogen and oxygen atoms in total. The van der Waals surface area contributed by atoms with E-state index in [-0.39, 0.29) is 6.10 Å². The number of rotatable bonds is 0. The topological polar surface area (TPSA) is 32.3 Å². The molecule has 2 aliphatic rings. The number of hydrogen-bond donors (Lipinski definition) is 2. The van der Waals surface area contributed by atoms with E-state index in [1.54, 1.807) is 0 Å². The van der Waals surface area contributed by atoms with Gasteiger partial charge in [-0.15, -0.1) is 0 Å². The number of aliphatic hydroxyl groups is 1. The maximum Gasteiger partial charge on any atom is 0.0543 e. The van der Waals surface area contributed by atoms with Crippen LogP contribution in [0, 0.1) is 11.8 Å². The van der Waals surface area contributed by atoms with E-state index in [9.17, 15) is 5.11 Å². The molecule has 11 heavy (non-hydrogen) atoms. The zero-order valence-corrected chi connectivity index (χ0v) is 6.92. The van der Waals surface area contributed by atoms with Gasteiger partial charge in [0.1, 0.15) is 0 Å². The number of fused-ring (bicyclic) bond motifs is 1. The van der Waals surface area contributed by atoms with E-state index in [0.717, 1.165) is 31.2 Å². The Morgan fingerprint density at radius 3 is 2.91 bits per heavy atom. The molecule has 2 N–H and O–H groups in total. The molecule has 0 aromatic heterocycles. The summed E-state index contributed by atoms with van der Waals surface area (Å²) in [6.45, 7) is 2.33. The summed E-state index contributed by atoms with van der Waals surface area (Å²) in [6, 6.07) is 0. The molecule has 0 amide bonds. The molecule has 2 heteroatoms. The molecule has 0 radical (unpaired) electrons. The molecule has 1 saturated heterocycles. The van der Waals surface area contributed by atoms with Crippen LogP contribution >= 0.6 is 0 Å². The van der Waals surface area contributed by atoms with Crippen molar-refractivity contribution in [2.24, 2.45) is 11.8 Å². The Bertz CT molecular complexity index is 138. The van der Waals surface area contributed by atoms with Crippen molar-refractivity contribution in [1.29, 1.82) is 0 Å². The first-order valence-corrected chi connectivity index (χ1v) is 4.75. The molecule has 2 rings (SSSR count). The molecule has 1 saturated carbocycles. The van der Waals surface area contributed by atoms with Crippen molar-refractivity contribution in [1.82, 2.24) is 5.32 Å². The summed E-state index contributed by atoms with van der Waals surface area (Å²) in [4.78, 5) is 0. The van der Waals surface area contributed by atoms with Gasteiger partial charge in [0.15, 0.2) is 0 Å². The van der Waals surface area contributed by atoms with Crippen LogP contribution < -0.4 is 5.32 Å². The van der Waals surface area contributed by atoms with Gasteiger partial charge in [0.25, 0.3) is 0 Å². The first-order valence-electron chi connectivity index (χ1n) is 4.75. The average molecular weight is 155 g/mol. The molecule has 1 heterocycles.